The van der Waals surface area contributed by atoms with E-state index in [-0.39, 0.29) is 5.91 Å². The first-order chi connectivity index (χ1) is 10.3. The molecule has 1 aliphatic rings. The Morgan fingerprint density at radius 1 is 1.29 bits per heavy atom. The second-order valence-corrected chi connectivity index (χ2v) is 5.44. The van der Waals surface area contributed by atoms with Gasteiger partial charge in [-0.1, -0.05) is 0 Å². The Kier molecular flexibility index (Phi) is 2.72. The molecule has 0 unspecified atom stereocenters. The van der Waals surface area contributed by atoms with Crippen molar-refractivity contribution >= 4 is 34.7 Å². The van der Waals surface area contributed by atoms with Gasteiger partial charge < -0.3 is 9.73 Å². The topological polar surface area (TPSA) is 55.1 Å². The van der Waals surface area contributed by atoms with Crippen molar-refractivity contribution in [1.29, 1.82) is 0 Å². The number of hydrogen-bond acceptors (Lipinski definition) is 4. The van der Waals surface area contributed by atoms with Gasteiger partial charge in [0.05, 0.1) is 11.8 Å². The van der Waals surface area contributed by atoms with Gasteiger partial charge >= 0.3 is 0 Å². The van der Waals surface area contributed by atoms with Crippen molar-refractivity contribution in [2.75, 3.05) is 5.32 Å². The van der Waals surface area contributed by atoms with Crippen LogP contribution in [-0.4, -0.2) is 10.9 Å². The number of thiophene rings is 1. The van der Waals surface area contributed by atoms with Gasteiger partial charge in [0.25, 0.3) is 5.91 Å². The molecule has 4 nitrogen and oxygen atoms in total. The Hall–Kier alpha value is -2.66. The molecular weight excluding hydrogens is 284 g/mol. The smallest absolute Gasteiger partial charge is 0.257 e. The summed E-state index contributed by atoms with van der Waals surface area (Å²) in [6, 6.07) is 7.62. The van der Waals surface area contributed by atoms with E-state index in [9.17, 15) is 4.79 Å². The van der Waals surface area contributed by atoms with Gasteiger partial charge in [-0.3, -0.25) is 4.79 Å². The molecule has 5 heteroatoms. The van der Waals surface area contributed by atoms with Crippen LogP contribution in [0.5, 0.6) is 0 Å². The highest BCUT2D eigenvalue weighted by Crippen LogP contribution is 2.34. The van der Waals surface area contributed by atoms with Crippen LogP contribution in [0.3, 0.4) is 0 Å². The van der Waals surface area contributed by atoms with Gasteiger partial charge in [0.15, 0.2) is 0 Å². The number of amides is 1. The lowest BCUT2D eigenvalue weighted by atomic mass is 10.0. The van der Waals surface area contributed by atoms with Crippen LogP contribution in [0.25, 0.3) is 22.8 Å². The second kappa shape index (κ2) is 4.71. The van der Waals surface area contributed by atoms with Gasteiger partial charge in [0.2, 0.25) is 0 Å². The third-order valence-electron chi connectivity index (χ3n) is 3.34. The van der Waals surface area contributed by atoms with E-state index in [1.165, 1.54) is 0 Å². The molecule has 3 aromatic rings. The summed E-state index contributed by atoms with van der Waals surface area (Å²) in [6.07, 6.45) is 5.09. The number of carbonyl (C=O) groups is 1. The molecule has 4 heterocycles. The van der Waals surface area contributed by atoms with E-state index in [4.69, 9.17) is 4.42 Å². The molecule has 4 rings (SSSR count). The lowest BCUT2D eigenvalue weighted by Crippen LogP contribution is -2.04. The maximum absolute atomic E-state index is 12.1. The highest BCUT2D eigenvalue weighted by molar-refractivity contribution is 7.08. The molecule has 0 bridgehead atoms. The number of nitrogens with one attached hydrogen (secondary N) is 1. The van der Waals surface area contributed by atoms with Crippen LogP contribution in [0.2, 0.25) is 0 Å². The minimum absolute atomic E-state index is 0.156. The molecule has 0 saturated carbocycles. The maximum atomic E-state index is 12.1. The van der Waals surface area contributed by atoms with E-state index in [2.05, 4.69) is 15.7 Å². The average molecular weight is 294 g/mol. The number of nitrogens with zero attached hydrogens (tertiary/aromatic N) is 1. The van der Waals surface area contributed by atoms with Gasteiger partial charge in [0, 0.05) is 17.3 Å². The minimum atomic E-state index is -0.156. The number of hydrogen-bond donors (Lipinski definition) is 1. The van der Waals surface area contributed by atoms with Crippen LogP contribution in [0, 0.1) is 0 Å². The number of pyridine rings is 1. The van der Waals surface area contributed by atoms with Gasteiger partial charge in [-0.15, -0.1) is 0 Å². The minimum Gasteiger partial charge on any atom is -0.465 e. The third-order valence-corrected chi connectivity index (χ3v) is 4.02. The van der Waals surface area contributed by atoms with Gasteiger partial charge in [-0.05, 0) is 46.7 Å². The standard InChI is InChI=1S/C16H10N2O2S/c19-16-14(7-12-2-1-4-20-12)13-6-11(8-17-15(13)18-16)10-3-5-21-9-10/h1-9H,(H,17,18,19). The molecule has 1 aliphatic heterocycles. The van der Waals surface area contributed by atoms with E-state index < -0.39 is 0 Å². The lowest BCUT2D eigenvalue weighted by molar-refractivity contribution is -0.110. The Labute approximate surface area is 124 Å². The van der Waals surface area contributed by atoms with Crippen molar-refractivity contribution in [3.05, 3.63) is 58.8 Å². The molecule has 3 aromatic heterocycles. The van der Waals surface area contributed by atoms with E-state index >= 15 is 0 Å². The third kappa shape index (κ3) is 2.08. The highest BCUT2D eigenvalue weighted by Gasteiger charge is 2.26. The Morgan fingerprint density at radius 3 is 3.00 bits per heavy atom. The Bertz CT molecular complexity index is 833. The van der Waals surface area contributed by atoms with Crippen LogP contribution < -0.4 is 5.32 Å². The number of furan rings is 1. The zero-order valence-corrected chi connectivity index (χ0v) is 11.7. The van der Waals surface area contributed by atoms with E-state index in [1.807, 2.05) is 23.6 Å². The molecule has 0 aliphatic carbocycles. The first-order valence-electron chi connectivity index (χ1n) is 6.41. The number of fused-ring (bicyclic) bond motifs is 1. The Balaban J connectivity index is 1.84. The number of aromatic nitrogens is 1. The van der Waals surface area contributed by atoms with Crippen molar-refractivity contribution in [2.45, 2.75) is 0 Å². The second-order valence-electron chi connectivity index (χ2n) is 4.66. The largest absolute Gasteiger partial charge is 0.465 e. The fraction of sp³-hybridized carbons (Fsp3) is 0. The zero-order chi connectivity index (χ0) is 14.2. The first-order valence-corrected chi connectivity index (χ1v) is 7.35. The van der Waals surface area contributed by atoms with Crippen LogP contribution in [-0.2, 0) is 4.79 Å². The van der Waals surface area contributed by atoms with Gasteiger partial charge in [-0.25, -0.2) is 4.98 Å². The summed E-state index contributed by atoms with van der Waals surface area (Å²) in [4.78, 5) is 16.4. The van der Waals surface area contributed by atoms with Crippen molar-refractivity contribution < 1.29 is 9.21 Å². The van der Waals surface area contributed by atoms with Crippen LogP contribution >= 0.6 is 11.3 Å². The van der Waals surface area contributed by atoms with Crippen LogP contribution in [0.1, 0.15) is 11.3 Å². The quantitative estimate of drug-likeness (QED) is 0.729. The van der Waals surface area contributed by atoms with E-state index in [1.54, 1.807) is 35.9 Å². The predicted molar refractivity (Wildman–Crippen MR) is 82.8 cm³/mol. The molecule has 1 N–H and O–H groups in total. The molecule has 1 amide bonds. The molecule has 0 fully saturated rings. The van der Waals surface area contributed by atoms with Crippen molar-refractivity contribution in [1.82, 2.24) is 4.98 Å². The van der Waals surface area contributed by atoms with Crippen molar-refractivity contribution in [3.8, 4) is 11.1 Å². The monoisotopic (exact) mass is 294 g/mol. The molecule has 21 heavy (non-hydrogen) atoms. The normalized spacial score (nSPS) is 15.2. The summed E-state index contributed by atoms with van der Waals surface area (Å²) < 4.78 is 5.29. The molecule has 0 saturated heterocycles. The number of carbonyl (C=O) groups excluding carboxylic acids is 1. The van der Waals surface area contributed by atoms with Crippen molar-refractivity contribution in [3.63, 3.8) is 0 Å². The predicted octanol–water partition coefficient (Wildman–Crippen LogP) is 3.90. The van der Waals surface area contributed by atoms with Crippen LogP contribution in [0.15, 0.2) is 51.9 Å². The molecular formula is C16H10N2O2S. The summed E-state index contributed by atoms with van der Waals surface area (Å²) in [5.41, 5.74) is 3.48. The average Bonchev–Trinajstić information content (AvgIpc) is 3.22. The molecule has 0 spiro atoms. The van der Waals surface area contributed by atoms with E-state index in [0.717, 1.165) is 16.7 Å². The van der Waals surface area contributed by atoms with E-state index in [0.29, 0.717) is 17.2 Å². The maximum Gasteiger partial charge on any atom is 0.257 e. The highest BCUT2D eigenvalue weighted by atomic mass is 32.1. The van der Waals surface area contributed by atoms with Crippen molar-refractivity contribution in [2.24, 2.45) is 0 Å². The number of rotatable bonds is 2. The molecule has 102 valence electrons. The number of anilines is 1. The lowest BCUT2D eigenvalue weighted by Gasteiger charge is -2.01. The molecule has 0 atom stereocenters. The summed E-state index contributed by atoms with van der Waals surface area (Å²) in [5.74, 6) is 1.09. The summed E-state index contributed by atoms with van der Waals surface area (Å²) in [6.45, 7) is 0. The zero-order valence-electron chi connectivity index (χ0n) is 10.9. The summed E-state index contributed by atoms with van der Waals surface area (Å²) in [5, 5.41) is 6.85. The molecule has 0 aromatic carbocycles. The van der Waals surface area contributed by atoms with Gasteiger partial charge in [-0.2, -0.15) is 11.3 Å². The fourth-order valence-corrected chi connectivity index (χ4v) is 2.98. The Morgan fingerprint density at radius 2 is 2.24 bits per heavy atom. The van der Waals surface area contributed by atoms with Crippen LogP contribution in [0.4, 0.5) is 5.82 Å². The summed E-state index contributed by atoms with van der Waals surface area (Å²) >= 11 is 1.63. The first kappa shape index (κ1) is 12.1. The fourth-order valence-electron chi connectivity index (χ4n) is 2.31. The van der Waals surface area contributed by atoms with Gasteiger partial charge in [0.1, 0.15) is 11.6 Å². The summed E-state index contributed by atoms with van der Waals surface area (Å²) in [7, 11) is 0. The molecule has 0 radical (unpaired) electrons. The SMILES string of the molecule is O=C1Nc2ncc(-c3ccsc3)cc2C1=Cc1ccco1.